The van der Waals surface area contributed by atoms with Crippen molar-refractivity contribution in [3.8, 4) is 0 Å². The molecule has 0 spiro atoms. The third-order valence-electron chi connectivity index (χ3n) is 4.53. The lowest BCUT2D eigenvalue weighted by Crippen LogP contribution is -2.35. The molecular formula is C20H20N4O2S. The zero-order chi connectivity index (χ0) is 19.0. The standard InChI is InChI=1S/C20H20N4O2S/c1-13-10-16-18(27-13)11-17-20(26)23(22-14(2)24(16)17)12-19(25)21-9-8-15-6-4-3-5-7-15/h3-7,10-11H,8-9,12H2,1-2H3,(H,21,25). The summed E-state index contributed by atoms with van der Waals surface area (Å²) in [5.41, 5.74) is 2.46. The second-order valence-electron chi connectivity index (χ2n) is 6.57. The van der Waals surface area contributed by atoms with Crippen LogP contribution in [-0.4, -0.2) is 26.6 Å². The Labute approximate surface area is 160 Å². The van der Waals surface area contributed by atoms with Crippen molar-refractivity contribution in [1.82, 2.24) is 19.5 Å². The Hall–Kier alpha value is -2.93. The second kappa shape index (κ2) is 7.00. The lowest BCUT2D eigenvalue weighted by atomic mass is 10.1. The van der Waals surface area contributed by atoms with Crippen LogP contribution < -0.4 is 10.9 Å². The number of amides is 1. The van der Waals surface area contributed by atoms with Gasteiger partial charge in [0.25, 0.3) is 5.56 Å². The molecule has 27 heavy (non-hydrogen) atoms. The first-order valence-electron chi connectivity index (χ1n) is 8.83. The quantitative estimate of drug-likeness (QED) is 0.579. The van der Waals surface area contributed by atoms with Crippen molar-refractivity contribution in [1.29, 1.82) is 0 Å². The predicted octanol–water partition coefficient (Wildman–Crippen LogP) is 2.69. The fourth-order valence-electron chi connectivity index (χ4n) is 3.31. The van der Waals surface area contributed by atoms with Crippen LogP contribution in [0.25, 0.3) is 15.7 Å². The first-order chi connectivity index (χ1) is 13.0. The Balaban J connectivity index is 1.52. The van der Waals surface area contributed by atoms with E-state index in [4.69, 9.17) is 0 Å². The van der Waals surface area contributed by atoms with E-state index in [0.29, 0.717) is 17.9 Å². The molecule has 0 atom stereocenters. The third kappa shape index (κ3) is 3.38. The van der Waals surface area contributed by atoms with Gasteiger partial charge in [0.15, 0.2) is 0 Å². The summed E-state index contributed by atoms with van der Waals surface area (Å²) >= 11 is 1.65. The number of carbonyl (C=O) groups excluding carboxylic acids is 1. The van der Waals surface area contributed by atoms with Crippen molar-refractivity contribution >= 4 is 33.0 Å². The molecule has 0 radical (unpaired) electrons. The van der Waals surface area contributed by atoms with Gasteiger partial charge >= 0.3 is 0 Å². The highest BCUT2D eigenvalue weighted by Crippen LogP contribution is 2.27. The third-order valence-corrected chi connectivity index (χ3v) is 5.51. The summed E-state index contributed by atoms with van der Waals surface area (Å²) < 4.78 is 4.17. The predicted molar refractivity (Wildman–Crippen MR) is 107 cm³/mol. The summed E-state index contributed by atoms with van der Waals surface area (Å²) in [6, 6.07) is 13.9. The van der Waals surface area contributed by atoms with Crippen LogP contribution in [-0.2, 0) is 17.8 Å². The highest BCUT2D eigenvalue weighted by Gasteiger charge is 2.15. The van der Waals surface area contributed by atoms with Gasteiger partial charge in [0.05, 0.1) is 10.2 Å². The summed E-state index contributed by atoms with van der Waals surface area (Å²) in [7, 11) is 0. The average Bonchev–Trinajstić information content (AvgIpc) is 3.16. The molecule has 3 aromatic heterocycles. The number of nitrogens with zero attached hydrogens (tertiary/aromatic N) is 3. The Kier molecular flexibility index (Phi) is 4.53. The minimum Gasteiger partial charge on any atom is -0.354 e. The summed E-state index contributed by atoms with van der Waals surface area (Å²) in [5, 5.41) is 7.21. The van der Waals surface area contributed by atoms with Crippen molar-refractivity contribution in [3.05, 3.63) is 69.1 Å². The molecule has 0 aliphatic rings. The zero-order valence-corrected chi connectivity index (χ0v) is 16.0. The van der Waals surface area contributed by atoms with Gasteiger partial charge in [-0.3, -0.25) is 14.0 Å². The van der Waals surface area contributed by atoms with Gasteiger partial charge in [0.2, 0.25) is 5.91 Å². The molecule has 4 aromatic rings. The van der Waals surface area contributed by atoms with E-state index in [1.807, 2.05) is 54.6 Å². The fourth-order valence-corrected chi connectivity index (χ4v) is 4.25. The van der Waals surface area contributed by atoms with Gasteiger partial charge in [-0.25, -0.2) is 4.68 Å². The Morgan fingerprint density at radius 2 is 1.93 bits per heavy atom. The Morgan fingerprint density at radius 3 is 2.70 bits per heavy atom. The molecular weight excluding hydrogens is 360 g/mol. The first kappa shape index (κ1) is 17.5. The van der Waals surface area contributed by atoms with Gasteiger partial charge in [-0.05, 0) is 38.0 Å². The first-order valence-corrected chi connectivity index (χ1v) is 9.64. The van der Waals surface area contributed by atoms with Crippen LogP contribution in [0, 0.1) is 13.8 Å². The minimum atomic E-state index is -0.250. The van der Waals surface area contributed by atoms with Gasteiger partial charge < -0.3 is 5.32 Å². The van der Waals surface area contributed by atoms with E-state index in [9.17, 15) is 9.59 Å². The van der Waals surface area contributed by atoms with Gasteiger partial charge in [-0.15, -0.1) is 11.3 Å². The molecule has 1 aromatic carbocycles. The number of carbonyl (C=O) groups is 1. The summed E-state index contributed by atoms with van der Waals surface area (Å²) in [4.78, 5) is 26.2. The number of rotatable bonds is 5. The normalized spacial score (nSPS) is 11.3. The van der Waals surface area contributed by atoms with E-state index in [-0.39, 0.29) is 18.0 Å². The number of benzene rings is 1. The van der Waals surface area contributed by atoms with Crippen LogP contribution in [0.2, 0.25) is 0 Å². The Bertz CT molecular complexity index is 1190. The molecule has 6 nitrogen and oxygen atoms in total. The molecule has 0 bridgehead atoms. The largest absolute Gasteiger partial charge is 0.354 e. The molecule has 0 fully saturated rings. The number of hydrogen-bond acceptors (Lipinski definition) is 4. The zero-order valence-electron chi connectivity index (χ0n) is 15.2. The highest BCUT2D eigenvalue weighted by atomic mass is 32.1. The van der Waals surface area contributed by atoms with Crippen molar-refractivity contribution in [2.45, 2.75) is 26.8 Å². The fraction of sp³-hybridized carbons (Fsp3) is 0.250. The van der Waals surface area contributed by atoms with Crippen LogP contribution in [0.3, 0.4) is 0 Å². The Morgan fingerprint density at radius 1 is 1.15 bits per heavy atom. The van der Waals surface area contributed by atoms with Gasteiger partial charge in [0.1, 0.15) is 17.9 Å². The molecule has 0 aliphatic carbocycles. The molecule has 0 aliphatic heterocycles. The molecule has 0 saturated heterocycles. The van der Waals surface area contributed by atoms with E-state index < -0.39 is 0 Å². The minimum absolute atomic E-state index is 0.0805. The summed E-state index contributed by atoms with van der Waals surface area (Å²) in [6.45, 7) is 4.34. The van der Waals surface area contributed by atoms with Gasteiger partial charge in [-0.2, -0.15) is 5.10 Å². The van der Waals surface area contributed by atoms with Crippen molar-refractivity contribution in [2.24, 2.45) is 0 Å². The van der Waals surface area contributed by atoms with Gasteiger partial charge in [0, 0.05) is 11.4 Å². The van der Waals surface area contributed by atoms with E-state index in [1.165, 1.54) is 9.56 Å². The topological polar surface area (TPSA) is 68.4 Å². The van der Waals surface area contributed by atoms with Crippen molar-refractivity contribution in [2.75, 3.05) is 6.54 Å². The van der Waals surface area contributed by atoms with Gasteiger partial charge in [-0.1, -0.05) is 30.3 Å². The van der Waals surface area contributed by atoms with Crippen LogP contribution in [0.4, 0.5) is 0 Å². The molecule has 1 N–H and O–H groups in total. The van der Waals surface area contributed by atoms with Crippen LogP contribution >= 0.6 is 11.3 Å². The molecule has 1 amide bonds. The maximum absolute atomic E-state index is 12.8. The molecule has 0 unspecified atom stereocenters. The number of hydrogen-bond donors (Lipinski definition) is 1. The highest BCUT2D eigenvalue weighted by molar-refractivity contribution is 7.19. The lowest BCUT2D eigenvalue weighted by Gasteiger charge is -2.09. The van der Waals surface area contributed by atoms with Crippen LogP contribution in [0.15, 0.2) is 47.3 Å². The SMILES string of the molecule is Cc1cc2c(cc3c(=O)n(CC(=O)NCCc4ccccc4)nc(C)n32)s1. The van der Waals surface area contributed by atoms with Crippen molar-refractivity contribution in [3.63, 3.8) is 0 Å². The maximum atomic E-state index is 12.8. The number of aromatic nitrogens is 3. The van der Waals surface area contributed by atoms with Crippen molar-refractivity contribution < 1.29 is 4.79 Å². The van der Waals surface area contributed by atoms with Crippen LogP contribution in [0.5, 0.6) is 0 Å². The molecule has 4 rings (SSSR count). The monoisotopic (exact) mass is 380 g/mol. The number of thiophene rings is 1. The van der Waals surface area contributed by atoms with E-state index in [2.05, 4.69) is 16.5 Å². The molecule has 3 heterocycles. The second-order valence-corrected chi connectivity index (χ2v) is 7.85. The molecule has 138 valence electrons. The maximum Gasteiger partial charge on any atom is 0.291 e. The average molecular weight is 380 g/mol. The van der Waals surface area contributed by atoms with E-state index in [1.54, 1.807) is 11.3 Å². The molecule has 7 heteroatoms. The number of fused-ring (bicyclic) bond motifs is 3. The lowest BCUT2D eigenvalue weighted by molar-refractivity contribution is -0.121. The summed E-state index contributed by atoms with van der Waals surface area (Å²) in [5.74, 6) is 0.475. The summed E-state index contributed by atoms with van der Waals surface area (Å²) in [6.07, 6.45) is 0.751. The molecule has 0 saturated carbocycles. The van der Waals surface area contributed by atoms with Crippen LogP contribution in [0.1, 0.15) is 16.3 Å². The number of aryl methyl sites for hydroxylation is 2. The number of nitrogens with one attached hydrogen (secondary N) is 1. The van der Waals surface area contributed by atoms with E-state index in [0.717, 1.165) is 22.2 Å². The smallest absolute Gasteiger partial charge is 0.291 e. The van der Waals surface area contributed by atoms with E-state index >= 15 is 0 Å².